The van der Waals surface area contributed by atoms with Crippen LogP contribution < -0.4 is 20.3 Å². The fourth-order valence-corrected chi connectivity index (χ4v) is 6.70. The molecule has 252 valence electrons. The Morgan fingerprint density at radius 3 is 2.42 bits per heavy atom. The van der Waals surface area contributed by atoms with Crippen molar-refractivity contribution in [3.05, 3.63) is 78.4 Å². The summed E-state index contributed by atoms with van der Waals surface area (Å²) in [5.41, 5.74) is 9.15. The summed E-state index contributed by atoms with van der Waals surface area (Å²) in [6.45, 7) is 6.43. The number of anilines is 2. The van der Waals surface area contributed by atoms with Crippen LogP contribution in [0.4, 0.5) is 16.2 Å². The van der Waals surface area contributed by atoms with Gasteiger partial charge in [0, 0.05) is 37.8 Å². The number of hydrogen-bond acceptors (Lipinski definition) is 6. The van der Waals surface area contributed by atoms with E-state index in [-0.39, 0.29) is 43.3 Å². The molecule has 4 amide bonds. The predicted octanol–water partition coefficient (Wildman–Crippen LogP) is 5.88. The lowest BCUT2D eigenvalue weighted by molar-refractivity contribution is -0.125. The molecule has 0 spiro atoms. The van der Waals surface area contributed by atoms with Crippen molar-refractivity contribution in [1.29, 1.82) is 0 Å². The molecule has 2 N–H and O–H groups in total. The van der Waals surface area contributed by atoms with Crippen LogP contribution in [0.5, 0.6) is 5.75 Å². The average Bonchev–Trinajstić information content (AvgIpc) is 3.90. The Morgan fingerprint density at radius 1 is 0.958 bits per heavy atom. The molecule has 2 atom stereocenters. The minimum Gasteiger partial charge on any atom is -0.482 e. The number of amides is 4. The van der Waals surface area contributed by atoms with Crippen LogP contribution >= 0.6 is 0 Å². The Labute approximate surface area is 281 Å². The molecular formula is C38H44N4O6. The molecule has 3 aromatic rings. The highest BCUT2D eigenvalue weighted by Crippen LogP contribution is 2.43. The number of primary amides is 1. The first-order valence-electron chi connectivity index (χ1n) is 16.8. The molecule has 3 aliphatic rings. The van der Waals surface area contributed by atoms with Crippen molar-refractivity contribution >= 4 is 35.2 Å². The third-order valence-corrected chi connectivity index (χ3v) is 9.12. The van der Waals surface area contributed by atoms with E-state index in [4.69, 9.17) is 15.2 Å². The summed E-state index contributed by atoms with van der Waals surface area (Å²) in [4.78, 5) is 57.7. The number of rotatable bonds is 9. The van der Waals surface area contributed by atoms with Crippen molar-refractivity contribution in [2.75, 3.05) is 36.0 Å². The summed E-state index contributed by atoms with van der Waals surface area (Å²) in [7, 11) is 0. The quantitative estimate of drug-likeness (QED) is 0.308. The zero-order chi connectivity index (χ0) is 34.0. The number of likely N-dealkylation sites (tertiary alicyclic amines) is 1. The first kappa shape index (κ1) is 33.1. The van der Waals surface area contributed by atoms with Gasteiger partial charge in [-0.15, -0.1) is 0 Å². The number of benzene rings is 3. The van der Waals surface area contributed by atoms with Gasteiger partial charge in [0.2, 0.25) is 11.8 Å². The molecule has 6 rings (SSSR count). The van der Waals surface area contributed by atoms with Gasteiger partial charge in [0.25, 0.3) is 5.91 Å². The number of hydrogen-bond donors (Lipinski definition) is 1. The van der Waals surface area contributed by atoms with Crippen molar-refractivity contribution in [1.82, 2.24) is 4.90 Å². The molecule has 2 aliphatic heterocycles. The van der Waals surface area contributed by atoms with Crippen molar-refractivity contribution < 1.29 is 28.7 Å². The number of fused-ring (bicyclic) bond motifs is 1. The first-order chi connectivity index (χ1) is 23.0. The van der Waals surface area contributed by atoms with Crippen LogP contribution in [0.1, 0.15) is 64.4 Å². The van der Waals surface area contributed by atoms with Crippen LogP contribution in [0.3, 0.4) is 0 Å². The predicted molar refractivity (Wildman–Crippen MR) is 184 cm³/mol. The molecule has 0 bridgehead atoms. The van der Waals surface area contributed by atoms with E-state index >= 15 is 0 Å². The SMILES string of the molecule is CC(C)(C)OC(=O)N1CCC(c2cccc(-c3ccccc3)c2)[C@@H](C(=O)N(c2ccc3c(c2)N(CCCC(N)=O)C(=O)CO3)C2CC2)C1. The number of ether oxygens (including phenoxy) is 2. The number of nitrogens with zero attached hydrogens (tertiary/aromatic N) is 3. The lowest BCUT2D eigenvalue weighted by atomic mass is 9.79. The molecule has 2 fully saturated rings. The maximum atomic E-state index is 14.9. The van der Waals surface area contributed by atoms with Crippen molar-refractivity contribution in [2.24, 2.45) is 11.7 Å². The third-order valence-electron chi connectivity index (χ3n) is 9.12. The van der Waals surface area contributed by atoms with Crippen LogP contribution in [0.2, 0.25) is 0 Å². The van der Waals surface area contributed by atoms with Gasteiger partial charge in [-0.2, -0.15) is 0 Å². The number of carbonyl (C=O) groups is 4. The molecule has 1 unspecified atom stereocenters. The Kier molecular flexibility index (Phi) is 9.44. The van der Waals surface area contributed by atoms with Gasteiger partial charge >= 0.3 is 6.09 Å². The lowest BCUT2D eigenvalue weighted by Crippen LogP contribution is -2.51. The van der Waals surface area contributed by atoms with E-state index in [0.29, 0.717) is 43.1 Å². The van der Waals surface area contributed by atoms with E-state index in [1.807, 2.05) is 62.1 Å². The van der Waals surface area contributed by atoms with E-state index < -0.39 is 23.5 Å². The van der Waals surface area contributed by atoms with Crippen LogP contribution in [0, 0.1) is 5.92 Å². The van der Waals surface area contributed by atoms with Gasteiger partial charge in [-0.3, -0.25) is 14.4 Å². The van der Waals surface area contributed by atoms with Gasteiger partial charge < -0.3 is 29.9 Å². The summed E-state index contributed by atoms with van der Waals surface area (Å²) < 4.78 is 11.5. The highest BCUT2D eigenvalue weighted by molar-refractivity contribution is 6.01. The molecule has 0 aromatic heterocycles. The van der Waals surface area contributed by atoms with E-state index in [1.165, 1.54) is 0 Å². The normalized spacial score (nSPS) is 19.3. The smallest absolute Gasteiger partial charge is 0.410 e. The molecule has 10 nitrogen and oxygen atoms in total. The topological polar surface area (TPSA) is 122 Å². The fraction of sp³-hybridized carbons (Fsp3) is 0.421. The van der Waals surface area contributed by atoms with Gasteiger partial charge in [0.05, 0.1) is 11.6 Å². The van der Waals surface area contributed by atoms with E-state index in [9.17, 15) is 19.2 Å². The summed E-state index contributed by atoms with van der Waals surface area (Å²) in [6.07, 6.45) is 2.48. The second kappa shape index (κ2) is 13.7. The van der Waals surface area contributed by atoms with Crippen LogP contribution in [-0.4, -0.2) is 66.6 Å². The molecule has 1 aliphatic carbocycles. The lowest BCUT2D eigenvalue weighted by Gasteiger charge is -2.41. The number of piperidine rings is 1. The molecule has 10 heteroatoms. The van der Waals surface area contributed by atoms with E-state index in [0.717, 1.165) is 29.5 Å². The Bertz CT molecular complexity index is 1680. The number of nitrogens with two attached hydrogens (primary N) is 1. The van der Waals surface area contributed by atoms with Gasteiger partial charge in [0.15, 0.2) is 6.61 Å². The molecule has 1 saturated heterocycles. The van der Waals surface area contributed by atoms with E-state index in [2.05, 4.69) is 30.3 Å². The fourth-order valence-electron chi connectivity index (χ4n) is 6.70. The molecule has 1 saturated carbocycles. The minimum absolute atomic E-state index is 0.00674. The van der Waals surface area contributed by atoms with Gasteiger partial charge in [-0.05, 0) is 87.3 Å². The standard InChI is InChI=1S/C38H44N4O6/c1-38(2,3)48-37(46)40-20-18-30(27-12-7-11-26(21-27)25-9-5-4-6-10-25)31(23-40)36(45)42(28-14-15-28)29-16-17-33-32(22-29)41(35(44)24-47-33)19-8-13-34(39)43/h4-7,9-12,16-17,21-22,28,30-31H,8,13-15,18-20,23-24H2,1-3H3,(H2,39,43)/t30?,31-/m0/s1. The second-order valence-electron chi connectivity index (χ2n) is 13.9. The van der Waals surface area contributed by atoms with Crippen LogP contribution in [0.15, 0.2) is 72.8 Å². The van der Waals surface area contributed by atoms with Crippen LogP contribution in [0.25, 0.3) is 11.1 Å². The zero-order valence-corrected chi connectivity index (χ0v) is 27.9. The molecule has 48 heavy (non-hydrogen) atoms. The number of carbonyl (C=O) groups excluding carboxylic acids is 4. The first-order valence-corrected chi connectivity index (χ1v) is 16.8. The average molecular weight is 653 g/mol. The Hall–Kier alpha value is -4.86. The van der Waals surface area contributed by atoms with E-state index in [1.54, 1.807) is 15.9 Å². The second-order valence-corrected chi connectivity index (χ2v) is 13.9. The largest absolute Gasteiger partial charge is 0.482 e. The van der Waals surface area contributed by atoms with Gasteiger partial charge in [0.1, 0.15) is 11.4 Å². The Morgan fingerprint density at radius 2 is 1.71 bits per heavy atom. The Balaban J connectivity index is 1.34. The molecule has 3 aromatic carbocycles. The van der Waals surface area contributed by atoms with Gasteiger partial charge in [-0.25, -0.2) is 4.79 Å². The van der Waals surface area contributed by atoms with Crippen molar-refractivity contribution in [3.63, 3.8) is 0 Å². The highest BCUT2D eigenvalue weighted by Gasteiger charge is 2.44. The van der Waals surface area contributed by atoms with Crippen molar-refractivity contribution in [3.8, 4) is 16.9 Å². The summed E-state index contributed by atoms with van der Waals surface area (Å²) in [5, 5.41) is 0. The van der Waals surface area contributed by atoms with Crippen LogP contribution in [-0.2, 0) is 19.1 Å². The third kappa shape index (κ3) is 7.48. The zero-order valence-electron chi connectivity index (χ0n) is 27.9. The molecule has 0 radical (unpaired) electrons. The monoisotopic (exact) mass is 652 g/mol. The maximum Gasteiger partial charge on any atom is 0.410 e. The minimum atomic E-state index is -0.663. The summed E-state index contributed by atoms with van der Waals surface area (Å²) in [5.74, 6) is -0.819. The highest BCUT2D eigenvalue weighted by atomic mass is 16.6. The van der Waals surface area contributed by atoms with Crippen molar-refractivity contribution in [2.45, 2.75) is 70.4 Å². The molecular weight excluding hydrogens is 608 g/mol. The molecule has 2 heterocycles. The maximum absolute atomic E-state index is 14.9. The van der Waals surface area contributed by atoms with Gasteiger partial charge in [-0.1, -0.05) is 54.6 Å². The summed E-state index contributed by atoms with van der Waals surface area (Å²) >= 11 is 0. The summed E-state index contributed by atoms with van der Waals surface area (Å²) in [6, 6.07) is 24.0.